The third-order valence-electron chi connectivity index (χ3n) is 5.29. The predicted octanol–water partition coefficient (Wildman–Crippen LogP) is 2.02. The summed E-state index contributed by atoms with van der Waals surface area (Å²) in [5.74, 6) is 0.0548. The first-order valence-corrected chi connectivity index (χ1v) is 11.6. The number of nitrogens with one attached hydrogen (secondary N) is 1. The average molecular weight is 432 g/mol. The van der Waals surface area contributed by atoms with Gasteiger partial charge in [0.25, 0.3) is 0 Å². The quantitative estimate of drug-likeness (QED) is 0.692. The summed E-state index contributed by atoms with van der Waals surface area (Å²) in [6, 6.07) is 14.9. The average Bonchev–Trinajstić information content (AvgIpc) is 2.78. The molecule has 8 heteroatoms. The van der Waals surface area contributed by atoms with Gasteiger partial charge in [0.2, 0.25) is 15.9 Å². The van der Waals surface area contributed by atoms with Gasteiger partial charge in [0.15, 0.2) is 0 Å². The highest BCUT2D eigenvalue weighted by Crippen LogP contribution is 2.18. The van der Waals surface area contributed by atoms with Gasteiger partial charge in [-0.25, -0.2) is 13.1 Å². The summed E-state index contributed by atoms with van der Waals surface area (Å²) in [4.78, 5) is 16.8. The van der Waals surface area contributed by atoms with E-state index in [-0.39, 0.29) is 10.8 Å². The predicted molar refractivity (Wildman–Crippen MR) is 117 cm³/mol. The van der Waals surface area contributed by atoms with Crippen LogP contribution in [0.1, 0.15) is 17.5 Å². The van der Waals surface area contributed by atoms with E-state index < -0.39 is 10.0 Å². The monoisotopic (exact) mass is 431 g/mol. The van der Waals surface area contributed by atoms with E-state index in [0.717, 1.165) is 37.4 Å². The fraction of sp³-hybridized carbons (Fsp3) is 0.409. The van der Waals surface area contributed by atoms with Crippen molar-refractivity contribution in [1.29, 1.82) is 0 Å². The number of nitrogens with zero attached hydrogens (tertiary/aromatic N) is 2. The topological polar surface area (TPSA) is 79.0 Å². The minimum absolute atomic E-state index is 0.0548. The molecule has 0 saturated carbocycles. The van der Waals surface area contributed by atoms with Crippen molar-refractivity contribution in [2.75, 3.05) is 45.3 Å². The molecule has 0 atom stereocenters. The van der Waals surface area contributed by atoms with E-state index in [1.807, 2.05) is 0 Å². The zero-order valence-electron chi connectivity index (χ0n) is 17.5. The minimum atomic E-state index is -3.44. The second-order valence-corrected chi connectivity index (χ2v) is 9.25. The largest absolute Gasteiger partial charge is 0.378 e. The lowest BCUT2D eigenvalue weighted by molar-refractivity contribution is -0.130. The number of ether oxygens (including phenoxy) is 1. The Morgan fingerprint density at radius 3 is 2.23 bits per heavy atom. The van der Waals surface area contributed by atoms with E-state index >= 15 is 0 Å². The molecular formula is C22H29N3O4S. The Balaban J connectivity index is 1.49. The van der Waals surface area contributed by atoms with Gasteiger partial charge in [-0.3, -0.25) is 4.79 Å². The van der Waals surface area contributed by atoms with Crippen LogP contribution in [0.25, 0.3) is 0 Å². The summed E-state index contributed by atoms with van der Waals surface area (Å²) in [5.41, 5.74) is 3.20. The van der Waals surface area contributed by atoms with Gasteiger partial charge in [0, 0.05) is 38.8 Å². The molecule has 7 nitrogen and oxygen atoms in total. The van der Waals surface area contributed by atoms with Crippen LogP contribution in [0.3, 0.4) is 0 Å². The number of aryl methyl sites for hydroxylation is 1. The molecule has 1 fully saturated rings. The molecule has 1 aliphatic heterocycles. The number of sulfonamides is 1. The van der Waals surface area contributed by atoms with Gasteiger partial charge in [-0.1, -0.05) is 24.3 Å². The van der Waals surface area contributed by atoms with Crippen LogP contribution in [0.5, 0.6) is 0 Å². The maximum absolute atomic E-state index is 12.5. The molecule has 0 bridgehead atoms. The van der Waals surface area contributed by atoms with Crippen LogP contribution in [-0.2, 0) is 32.5 Å². The molecule has 1 N–H and O–H groups in total. The molecule has 0 aromatic heterocycles. The van der Waals surface area contributed by atoms with Crippen molar-refractivity contribution in [1.82, 2.24) is 9.62 Å². The van der Waals surface area contributed by atoms with Crippen LogP contribution in [0.15, 0.2) is 53.4 Å². The second kappa shape index (κ2) is 10.1. The van der Waals surface area contributed by atoms with Crippen LogP contribution in [0.2, 0.25) is 0 Å². The van der Waals surface area contributed by atoms with Crippen LogP contribution in [0, 0.1) is 0 Å². The summed E-state index contributed by atoms with van der Waals surface area (Å²) >= 11 is 0. The Morgan fingerprint density at radius 2 is 1.63 bits per heavy atom. The first-order chi connectivity index (χ1) is 14.4. The minimum Gasteiger partial charge on any atom is -0.378 e. The highest BCUT2D eigenvalue weighted by molar-refractivity contribution is 7.89. The molecule has 30 heavy (non-hydrogen) atoms. The number of benzene rings is 2. The Morgan fingerprint density at radius 1 is 1.03 bits per heavy atom. The molecule has 0 unspecified atom stereocenters. The number of hydrogen-bond donors (Lipinski definition) is 1. The van der Waals surface area contributed by atoms with Gasteiger partial charge < -0.3 is 14.5 Å². The van der Waals surface area contributed by atoms with E-state index in [4.69, 9.17) is 4.74 Å². The molecule has 1 amide bonds. The Bertz CT molecular complexity index is 937. The molecule has 2 aromatic rings. The summed E-state index contributed by atoms with van der Waals surface area (Å²) in [7, 11) is -0.250. The summed E-state index contributed by atoms with van der Waals surface area (Å²) < 4.78 is 31.2. The molecule has 3 rings (SSSR count). The molecule has 0 radical (unpaired) electrons. The van der Waals surface area contributed by atoms with Crippen LogP contribution in [0.4, 0.5) is 5.69 Å². The standard InChI is InChI=1S/C22H29N3O4S/c1-23-30(27,28)21-10-5-18(6-11-21)7-12-22(26)24(2)17-19-3-8-20(9-4-19)25-13-15-29-16-14-25/h3-6,8-11,23H,7,12-17H2,1-2H3. The van der Waals surface area contributed by atoms with Gasteiger partial charge in [0.1, 0.15) is 0 Å². The van der Waals surface area contributed by atoms with Crippen molar-refractivity contribution < 1.29 is 17.9 Å². The summed E-state index contributed by atoms with van der Waals surface area (Å²) in [6.07, 6.45) is 0.944. The third-order valence-corrected chi connectivity index (χ3v) is 6.72. The zero-order chi connectivity index (χ0) is 21.6. The van der Waals surface area contributed by atoms with Crippen molar-refractivity contribution in [3.05, 3.63) is 59.7 Å². The van der Waals surface area contributed by atoms with Crippen molar-refractivity contribution in [3.8, 4) is 0 Å². The number of amides is 1. The van der Waals surface area contributed by atoms with Gasteiger partial charge in [-0.15, -0.1) is 0 Å². The van der Waals surface area contributed by atoms with Crippen LogP contribution in [-0.4, -0.2) is 59.6 Å². The zero-order valence-corrected chi connectivity index (χ0v) is 18.3. The summed E-state index contributed by atoms with van der Waals surface area (Å²) in [5, 5.41) is 0. The van der Waals surface area contributed by atoms with Crippen molar-refractivity contribution in [2.24, 2.45) is 0 Å². The molecule has 0 aliphatic carbocycles. The molecule has 0 spiro atoms. The van der Waals surface area contributed by atoms with E-state index in [2.05, 4.69) is 33.9 Å². The second-order valence-electron chi connectivity index (χ2n) is 7.37. The van der Waals surface area contributed by atoms with Crippen molar-refractivity contribution >= 4 is 21.6 Å². The Kier molecular flexibility index (Phi) is 7.47. The molecule has 2 aromatic carbocycles. The highest BCUT2D eigenvalue weighted by atomic mass is 32.2. The Hall–Kier alpha value is -2.42. The lowest BCUT2D eigenvalue weighted by Gasteiger charge is -2.29. The van der Waals surface area contributed by atoms with Gasteiger partial charge >= 0.3 is 0 Å². The molecule has 1 saturated heterocycles. The number of carbonyl (C=O) groups excluding carboxylic acids is 1. The molecule has 1 aliphatic rings. The van der Waals surface area contributed by atoms with Gasteiger partial charge in [-0.2, -0.15) is 0 Å². The first kappa shape index (κ1) is 22.3. The van der Waals surface area contributed by atoms with E-state index in [9.17, 15) is 13.2 Å². The number of hydrogen-bond acceptors (Lipinski definition) is 5. The Labute approximate surface area is 178 Å². The van der Waals surface area contributed by atoms with E-state index in [1.165, 1.54) is 12.7 Å². The number of carbonyl (C=O) groups is 1. The first-order valence-electron chi connectivity index (χ1n) is 10.1. The van der Waals surface area contributed by atoms with Crippen LogP contribution >= 0.6 is 0 Å². The van der Waals surface area contributed by atoms with Gasteiger partial charge in [-0.05, 0) is 48.9 Å². The highest BCUT2D eigenvalue weighted by Gasteiger charge is 2.14. The third kappa shape index (κ3) is 5.81. The maximum Gasteiger partial charge on any atom is 0.240 e. The van der Waals surface area contributed by atoms with Crippen molar-refractivity contribution in [2.45, 2.75) is 24.3 Å². The van der Waals surface area contributed by atoms with Crippen molar-refractivity contribution in [3.63, 3.8) is 0 Å². The lowest BCUT2D eigenvalue weighted by atomic mass is 10.1. The fourth-order valence-electron chi connectivity index (χ4n) is 3.39. The summed E-state index contributed by atoms with van der Waals surface area (Å²) in [6.45, 7) is 3.88. The normalized spacial score (nSPS) is 14.5. The molecule has 162 valence electrons. The number of rotatable bonds is 8. The SMILES string of the molecule is CNS(=O)(=O)c1ccc(CCC(=O)N(C)Cc2ccc(N3CCOCC3)cc2)cc1. The lowest BCUT2D eigenvalue weighted by Crippen LogP contribution is -2.36. The smallest absolute Gasteiger partial charge is 0.240 e. The van der Waals surface area contributed by atoms with E-state index in [0.29, 0.717) is 19.4 Å². The van der Waals surface area contributed by atoms with Gasteiger partial charge in [0.05, 0.1) is 18.1 Å². The van der Waals surface area contributed by atoms with E-state index in [1.54, 1.807) is 36.2 Å². The molecular weight excluding hydrogens is 402 g/mol. The molecule has 1 heterocycles. The fourth-order valence-corrected chi connectivity index (χ4v) is 4.12. The number of morpholine rings is 1. The maximum atomic E-state index is 12.5. The number of anilines is 1. The van der Waals surface area contributed by atoms with Crippen LogP contribution < -0.4 is 9.62 Å².